The Balaban J connectivity index is 1.85. The number of methoxy groups -OCH3 is 1. The van der Waals surface area contributed by atoms with Gasteiger partial charge in [0.2, 0.25) is 0 Å². The lowest BCUT2D eigenvalue weighted by atomic mass is 9.94. The van der Waals surface area contributed by atoms with E-state index < -0.39 is 12.0 Å². The van der Waals surface area contributed by atoms with Crippen LogP contribution in [0.5, 0.6) is 0 Å². The van der Waals surface area contributed by atoms with E-state index in [1.165, 1.54) is 19.2 Å². The van der Waals surface area contributed by atoms with Crippen molar-refractivity contribution in [2.24, 2.45) is 5.92 Å². The molecule has 2 heterocycles. The largest absolute Gasteiger partial charge is 0.480 e. The summed E-state index contributed by atoms with van der Waals surface area (Å²) >= 11 is 0. The predicted octanol–water partition coefficient (Wildman–Crippen LogP) is 2.32. The lowest BCUT2D eigenvalue weighted by Gasteiger charge is -2.34. The number of carboxylic acid groups (broad SMARTS) is 1. The molecule has 0 saturated carbocycles. The number of carbonyl (C=O) groups is 2. The van der Waals surface area contributed by atoms with Gasteiger partial charge in [0, 0.05) is 35.8 Å². The van der Waals surface area contributed by atoms with Gasteiger partial charge in [0.25, 0.3) is 0 Å². The van der Waals surface area contributed by atoms with Gasteiger partial charge in [-0.15, -0.1) is 0 Å². The van der Waals surface area contributed by atoms with Crippen molar-refractivity contribution in [1.29, 1.82) is 0 Å². The summed E-state index contributed by atoms with van der Waals surface area (Å²) in [5.74, 6) is -1.76. The minimum atomic E-state index is -0.961. The molecule has 1 aliphatic rings. The first-order chi connectivity index (χ1) is 11.5. The first kappa shape index (κ1) is 16.4. The number of esters is 1. The number of rotatable bonds is 4. The first-order valence-electron chi connectivity index (χ1n) is 7.82. The van der Waals surface area contributed by atoms with Gasteiger partial charge >= 0.3 is 11.9 Å². The van der Waals surface area contributed by atoms with Crippen molar-refractivity contribution in [3.8, 4) is 0 Å². The molecule has 1 saturated heterocycles. The fourth-order valence-electron chi connectivity index (χ4n) is 3.39. The minimum absolute atomic E-state index is 0.183. The summed E-state index contributed by atoms with van der Waals surface area (Å²) in [5, 5.41) is 10.4. The number of halogens is 1. The summed E-state index contributed by atoms with van der Waals surface area (Å²) < 4.78 is 18.1. The van der Waals surface area contributed by atoms with E-state index in [1.54, 1.807) is 12.3 Å². The van der Waals surface area contributed by atoms with Gasteiger partial charge in [0.1, 0.15) is 11.9 Å². The maximum absolute atomic E-state index is 13.3. The predicted molar refractivity (Wildman–Crippen MR) is 84.9 cm³/mol. The highest BCUT2D eigenvalue weighted by atomic mass is 19.1. The van der Waals surface area contributed by atoms with Gasteiger partial charge in [-0.25, -0.2) is 4.39 Å². The number of hydrogen-bond acceptors (Lipinski definition) is 4. The molecule has 2 aromatic rings. The zero-order chi connectivity index (χ0) is 17.3. The summed E-state index contributed by atoms with van der Waals surface area (Å²) in [6.45, 7) is 0.981. The van der Waals surface area contributed by atoms with Crippen LogP contribution in [-0.2, 0) is 14.3 Å². The summed E-state index contributed by atoms with van der Waals surface area (Å²) in [4.78, 5) is 28.2. The molecule has 0 amide bonds. The third-order valence-electron chi connectivity index (χ3n) is 4.63. The molecule has 1 atom stereocenters. The van der Waals surface area contributed by atoms with E-state index in [2.05, 4.69) is 4.98 Å². The highest BCUT2D eigenvalue weighted by Gasteiger charge is 2.34. The monoisotopic (exact) mass is 334 g/mol. The summed E-state index contributed by atoms with van der Waals surface area (Å²) in [6, 6.07) is 3.43. The normalized spacial score (nSPS) is 17.8. The number of H-pyrrole nitrogens is 1. The van der Waals surface area contributed by atoms with Crippen molar-refractivity contribution in [3.63, 3.8) is 0 Å². The molecule has 3 rings (SSSR count). The van der Waals surface area contributed by atoms with Crippen LogP contribution in [0.3, 0.4) is 0 Å². The van der Waals surface area contributed by atoms with Crippen LogP contribution >= 0.6 is 0 Å². The number of benzene rings is 1. The summed E-state index contributed by atoms with van der Waals surface area (Å²) in [6.07, 6.45) is 2.75. The molecule has 6 nitrogen and oxygen atoms in total. The Labute approximate surface area is 138 Å². The minimum Gasteiger partial charge on any atom is -0.480 e. The fourth-order valence-corrected chi connectivity index (χ4v) is 3.39. The lowest BCUT2D eigenvalue weighted by molar-refractivity contribution is -0.148. The van der Waals surface area contributed by atoms with E-state index in [9.17, 15) is 19.1 Å². The van der Waals surface area contributed by atoms with Crippen LogP contribution < -0.4 is 0 Å². The standard InChI is InChI=1S/C17H19FN2O4/c1-24-17(23)10-4-6-20(7-5-10)15(16(21)22)13-9-19-14-8-11(18)2-3-12(13)14/h2-3,8-10,15,19H,4-7H2,1H3,(H,21,22). The number of aliphatic carboxylic acids is 1. The third-order valence-corrected chi connectivity index (χ3v) is 4.63. The number of ether oxygens (including phenoxy) is 1. The average molecular weight is 334 g/mol. The Morgan fingerprint density at radius 3 is 2.71 bits per heavy atom. The van der Waals surface area contributed by atoms with Crippen molar-refractivity contribution >= 4 is 22.8 Å². The number of nitrogens with one attached hydrogen (secondary N) is 1. The van der Waals surface area contributed by atoms with Gasteiger partial charge in [-0.3, -0.25) is 14.5 Å². The van der Waals surface area contributed by atoms with E-state index in [0.29, 0.717) is 42.4 Å². The Morgan fingerprint density at radius 2 is 2.08 bits per heavy atom. The SMILES string of the molecule is COC(=O)C1CCN(C(C(=O)O)c2c[nH]c3cc(F)ccc23)CC1. The topological polar surface area (TPSA) is 82.6 Å². The Morgan fingerprint density at radius 1 is 1.38 bits per heavy atom. The fraction of sp³-hybridized carbons (Fsp3) is 0.412. The summed E-state index contributed by atoms with van der Waals surface area (Å²) in [5.41, 5.74) is 1.18. The molecular weight excluding hydrogens is 315 g/mol. The molecule has 2 N–H and O–H groups in total. The molecule has 128 valence electrons. The van der Waals surface area contributed by atoms with Crippen LogP contribution in [-0.4, -0.2) is 47.1 Å². The van der Waals surface area contributed by atoms with Crippen LogP contribution in [0, 0.1) is 11.7 Å². The Bertz CT molecular complexity index is 765. The van der Waals surface area contributed by atoms with Crippen LogP contribution in [0.1, 0.15) is 24.4 Å². The molecule has 7 heteroatoms. The zero-order valence-electron chi connectivity index (χ0n) is 13.3. The maximum Gasteiger partial charge on any atom is 0.325 e. The van der Waals surface area contributed by atoms with Gasteiger partial charge in [-0.1, -0.05) is 0 Å². The van der Waals surface area contributed by atoms with Crippen molar-refractivity contribution in [1.82, 2.24) is 9.88 Å². The number of hydrogen-bond donors (Lipinski definition) is 2. The van der Waals surface area contributed by atoms with Crippen molar-refractivity contribution < 1.29 is 23.8 Å². The van der Waals surface area contributed by atoms with Gasteiger partial charge < -0.3 is 14.8 Å². The molecule has 0 radical (unpaired) electrons. The number of aromatic amines is 1. The van der Waals surface area contributed by atoms with Crippen LogP contribution in [0.4, 0.5) is 4.39 Å². The first-order valence-corrected chi connectivity index (χ1v) is 7.82. The quantitative estimate of drug-likeness (QED) is 0.839. The zero-order valence-corrected chi connectivity index (χ0v) is 13.3. The molecule has 24 heavy (non-hydrogen) atoms. The van der Waals surface area contributed by atoms with Gasteiger partial charge in [0.15, 0.2) is 0 Å². The Kier molecular flexibility index (Phi) is 4.53. The number of fused-ring (bicyclic) bond motifs is 1. The smallest absolute Gasteiger partial charge is 0.325 e. The second-order valence-electron chi connectivity index (χ2n) is 6.01. The molecule has 1 aromatic heterocycles. The lowest BCUT2D eigenvalue weighted by Crippen LogP contribution is -2.41. The second kappa shape index (κ2) is 6.60. The number of carboxylic acids is 1. The van der Waals surface area contributed by atoms with Crippen molar-refractivity contribution in [2.75, 3.05) is 20.2 Å². The maximum atomic E-state index is 13.3. The number of likely N-dealkylation sites (tertiary alicyclic amines) is 1. The van der Waals surface area contributed by atoms with Crippen molar-refractivity contribution in [2.45, 2.75) is 18.9 Å². The average Bonchev–Trinajstić information content (AvgIpc) is 2.97. The summed E-state index contributed by atoms with van der Waals surface area (Å²) in [7, 11) is 1.36. The Hall–Kier alpha value is -2.41. The molecule has 1 aromatic carbocycles. The third kappa shape index (κ3) is 2.99. The highest BCUT2D eigenvalue weighted by Crippen LogP contribution is 2.32. The molecule has 1 unspecified atom stereocenters. The number of piperidine rings is 1. The van der Waals surface area contributed by atoms with Gasteiger partial charge in [-0.05, 0) is 31.0 Å². The molecule has 0 aliphatic carbocycles. The molecule has 1 fully saturated rings. The van der Waals surface area contributed by atoms with E-state index in [0.717, 1.165) is 0 Å². The molecular formula is C17H19FN2O4. The van der Waals surface area contributed by atoms with Crippen molar-refractivity contribution in [3.05, 3.63) is 35.8 Å². The highest BCUT2D eigenvalue weighted by molar-refractivity contribution is 5.89. The van der Waals surface area contributed by atoms with E-state index in [1.807, 2.05) is 4.90 Å². The van der Waals surface area contributed by atoms with Crippen LogP contribution in [0.25, 0.3) is 10.9 Å². The number of nitrogens with zero attached hydrogens (tertiary/aromatic N) is 1. The number of carbonyl (C=O) groups excluding carboxylic acids is 1. The van der Waals surface area contributed by atoms with Gasteiger partial charge in [0.05, 0.1) is 13.0 Å². The van der Waals surface area contributed by atoms with Crippen LogP contribution in [0.2, 0.25) is 0 Å². The van der Waals surface area contributed by atoms with Crippen LogP contribution in [0.15, 0.2) is 24.4 Å². The second-order valence-corrected chi connectivity index (χ2v) is 6.01. The molecule has 0 bridgehead atoms. The number of aromatic nitrogens is 1. The van der Waals surface area contributed by atoms with E-state index >= 15 is 0 Å². The molecule has 1 aliphatic heterocycles. The van der Waals surface area contributed by atoms with E-state index in [-0.39, 0.29) is 17.7 Å². The van der Waals surface area contributed by atoms with E-state index in [4.69, 9.17) is 4.74 Å². The molecule has 0 spiro atoms. The van der Waals surface area contributed by atoms with Gasteiger partial charge in [-0.2, -0.15) is 0 Å².